The molecule has 2 heteroatoms. The van der Waals surface area contributed by atoms with Crippen molar-refractivity contribution in [2.75, 3.05) is 0 Å². The van der Waals surface area contributed by atoms with E-state index in [9.17, 15) is 0 Å². The van der Waals surface area contributed by atoms with Gasteiger partial charge in [0.1, 0.15) is 18.2 Å². The smallest absolute Gasteiger partial charge is 0.216 e. The molecular formula is C33H24NO+. The quantitative estimate of drug-likeness (QED) is 0.191. The first-order valence-electron chi connectivity index (χ1n) is 12.0. The van der Waals surface area contributed by atoms with Crippen LogP contribution in [0, 0.1) is 6.92 Å². The number of benzene rings is 5. The number of fused-ring (bicyclic) bond motifs is 6. The van der Waals surface area contributed by atoms with Crippen molar-refractivity contribution in [3.05, 3.63) is 115 Å². The van der Waals surface area contributed by atoms with Crippen LogP contribution in [-0.4, -0.2) is 0 Å². The Morgan fingerprint density at radius 2 is 1.40 bits per heavy atom. The first-order chi connectivity index (χ1) is 17.2. The van der Waals surface area contributed by atoms with Crippen LogP contribution in [0.15, 0.2) is 114 Å². The SMILES string of the molecule is Cc1ccc2c(oc3cccc(-c4cc5ccccc5c5ccccc45)c32)c1-c1cccc[n+]1C. The molecule has 0 spiro atoms. The Morgan fingerprint density at radius 1 is 0.629 bits per heavy atom. The van der Waals surface area contributed by atoms with Crippen molar-refractivity contribution in [1.29, 1.82) is 0 Å². The van der Waals surface area contributed by atoms with Crippen LogP contribution in [0.25, 0.3) is 65.9 Å². The van der Waals surface area contributed by atoms with E-state index >= 15 is 0 Å². The van der Waals surface area contributed by atoms with Gasteiger partial charge in [-0.25, -0.2) is 4.57 Å². The molecule has 0 unspecified atom stereocenters. The van der Waals surface area contributed by atoms with Crippen LogP contribution in [0.5, 0.6) is 0 Å². The predicted octanol–water partition coefficient (Wildman–Crippen LogP) is 8.36. The fraction of sp³-hybridized carbons (Fsp3) is 0.0606. The lowest BCUT2D eigenvalue weighted by molar-refractivity contribution is -0.660. The minimum Gasteiger partial charge on any atom is -0.455 e. The molecule has 7 aromatic rings. The Bertz CT molecular complexity index is 1930. The second-order valence-corrected chi connectivity index (χ2v) is 9.30. The van der Waals surface area contributed by atoms with Gasteiger partial charge in [-0.1, -0.05) is 72.8 Å². The highest BCUT2D eigenvalue weighted by Gasteiger charge is 2.22. The third kappa shape index (κ3) is 2.93. The van der Waals surface area contributed by atoms with Crippen molar-refractivity contribution in [3.63, 3.8) is 0 Å². The van der Waals surface area contributed by atoms with E-state index in [2.05, 4.69) is 128 Å². The standard InChI is InChI=1S/C33H24NO/c1-21-17-18-27-32-26(28-20-22-10-3-4-11-23(22)24-12-5-6-13-25(24)28)14-9-16-30(32)35-33(27)31(21)29-15-7-8-19-34(29)2/h3-20H,1-2H3/q+1. The van der Waals surface area contributed by atoms with Gasteiger partial charge in [-0.15, -0.1) is 0 Å². The molecule has 166 valence electrons. The van der Waals surface area contributed by atoms with Gasteiger partial charge in [-0.05, 0) is 63.4 Å². The van der Waals surface area contributed by atoms with E-state index in [4.69, 9.17) is 4.42 Å². The molecule has 2 aromatic heterocycles. The molecule has 0 amide bonds. The molecule has 0 bridgehead atoms. The summed E-state index contributed by atoms with van der Waals surface area (Å²) >= 11 is 0. The number of hydrogen-bond acceptors (Lipinski definition) is 1. The van der Waals surface area contributed by atoms with Crippen LogP contribution in [-0.2, 0) is 7.05 Å². The average molecular weight is 451 g/mol. The summed E-state index contributed by atoms with van der Waals surface area (Å²) in [6.45, 7) is 2.16. The van der Waals surface area contributed by atoms with E-state index in [1.54, 1.807) is 0 Å². The molecule has 0 aliphatic carbocycles. The fourth-order valence-electron chi connectivity index (χ4n) is 5.59. The van der Waals surface area contributed by atoms with E-state index in [0.29, 0.717) is 0 Å². The highest BCUT2D eigenvalue weighted by molar-refractivity contribution is 6.20. The maximum atomic E-state index is 6.62. The first-order valence-corrected chi connectivity index (χ1v) is 12.0. The van der Waals surface area contributed by atoms with E-state index in [0.717, 1.165) is 27.8 Å². The number of aryl methyl sites for hydroxylation is 2. The van der Waals surface area contributed by atoms with Crippen molar-refractivity contribution < 1.29 is 8.98 Å². The van der Waals surface area contributed by atoms with Gasteiger partial charge in [-0.2, -0.15) is 0 Å². The van der Waals surface area contributed by atoms with Crippen molar-refractivity contribution >= 4 is 43.5 Å². The third-order valence-electron chi connectivity index (χ3n) is 7.24. The largest absolute Gasteiger partial charge is 0.455 e. The van der Waals surface area contributed by atoms with Crippen LogP contribution in [0.4, 0.5) is 0 Å². The molecule has 35 heavy (non-hydrogen) atoms. The third-order valence-corrected chi connectivity index (χ3v) is 7.24. The van der Waals surface area contributed by atoms with E-state index in [1.807, 2.05) is 0 Å². The summed E-state index contributed by atoms with van der Waals surface area (Å²) in [5.74, 6) is 0. The van der Waals surface area contributed by atoms with Crippen LogP contribution in [0.3, 0.4) is 0 Å². The molecule has 0 saturated carbocycles. The maximum Gasteiger partial charge on any atom is 0.216 e. The molecule has 0 aliphatic heterocycles. The Labute approximate surface area is 203 Å². The molecular weight excluding hydrogens is 426 g/mol. The topological polar surface area (TPSA) is 17.0 Å². The number of hydrogen-bond donors (Lipinski definition) is 0. The molecule has 0 N–H and O–H groups in total. The summed E-state index contributed by atoms with van der Waals surface area (Å²) in [4.78, 5) is 0. The number of rotatable bonds is 2. The van der Waals surface area contributed by atoms with E-state index in [-0.39, 0.29) is 0 Å². The number of furan rings is 1. The van der Waals surface area contributed by atoms with Gasteiger partial charge in [0.15, 0.2) is 6.20 Å². The zero-order valence-electron chi connectivity index (χ0n) is 19.7. The summed E-state index contributed by atoms with van der Waals surface area (Å²) in [6.07, 6.45) is 2.09. The second kappa shape index (κ2) is 7.54. The minimum absolute atomic E-state index is 0.917. The maximum absolute atomic E-state index is 6.62. The fourth-order valence-corrected chi connectivity index (χ4v) is 5.59. The lowest BCUT2D eigenvalue weighted by Crippen LogP contribution is -2.30. The summed E-state index contributed by atoms with van der Waals surface area (Å²) in [5, 5.41) is 7.39. The number of pyridine rings is 1. The van der Waals surface area contributed by atoms with Gasteiger partial charge >= 0.3 is 0 Å². The summed E-state index contributed by atoms with van der Waals surface area (Å²) < 4.78 is 8.78. The summed E-state index contributed by atoms with van der Waals surface area (Å²) in [5.41, 5.74) is 7.80. The highest BCUT2D eigenvalue weighted by atomic mass is 16.3. The van der Waals surface area contributed by atoms with Crippen molar-refractivity contribution in [1.82, 2.24) is 0 Å². The molecule has 5 aromatic carbocycles. The Morgan fingerprint density at radius 3 is 2.26 bits per heavy atom. The van der Waals surface area contributed by atoms with Gasteiger partial charge in [0.2, 0.25) is 5.69 Å². The van der Waals surface area contributed by atoms with E-state index < -0.39 is 0 Å². The van der Waals surface area contributed by atoms with Crippen molar-refractivity contribution in [2.24, 2.45) is 7.05 Å². The van der Waals surface area contributed by atoms with E-state index in [1.165, 1.54) is 43.6 Å². The molecule has 0 atom stereocenters. The normalized spacial score (nSPS) is 11.7. The summed E-state index contributed by atoms with van der Waals surface area (Å²) in [7, 11) is 2.09. The van der Waals surface area contributed by atoms with Gasteiger partial charge in [0.25, 0.3) is 0 Å². The molecule has 2 heterocycles. The molecule has 0 aliphatic rings. The molecule has 0 radical (unpaired) electrons. The van der Waals surface area contributed by atoms with Gasteiger partial charge in [0.05, 0.1) is 5.56 Å². The Hall–Kier alpha value is -4.43. The highest BCUT2D eigenvalue weighted by Crippen LogP contribution is 2.43. The zero-order chi connectivity index (χ0) is 23.5. The number of aromatic nitrogens is 1. The summed E-state index contributed by atoms with van der Waals surface area (Å²) in [6, 6.07) is 36.9. The molecule has 7 rings (SSSR count). The molecule has 2 nitrogen and oxygen atoms in total. The molecule has 0 saturated heterocycles. The van der Waals surface area contributed by atoms with Gasteiger partial charge < -0.3 is 4.42 Å². The lowest BCUT2D eigenvalue weighted by Gasteiger charge is -2.12. The van der Waals surface area contributed by atoms with Crippen LogP contribution >= 0.6 is 0 Å². The van der Waals surface area contributed by atoms with Crippen molar-refractivity contribution in [2.45, 2.75) is 6.92 Å². The number of nitrogens with zero attached hydrogens (tertiary/aromatic N) is 1. The van der Waals surface area contributed by atoms with Crippen molar-refractivity contribution in [3.8, 4) is 22.4 Å². The lowest BCUT2D eigenvalue weighted by atomic mass is 9.90. The van der Waals surface area contributed by atoms with Gasteiger partial charge in [-0.3, -0.25) is 0 Å². The first kappa shape index (κ1) is 20.0. The zero-order valence-corrected chi connectivity index (χ0v) is 19.7. The van der Waals surface area contributed by atoms with Gasteiger partial charge in [0, 0.05) is 22.9 Å². The predicted molar refractivity (Wildman–Crippen MR) is 146 cm³/mol. The van der Waals surface area contributed by atoms with Crippen LogP contribution < -0.4 is 4.57 Å². The minimum atomic E-state index is 0.917. The molecule has 0 fully saturated rings. The van der Waals surface area contributed by atoms with Crippen LogP contribution in [0.2, 0.25) is 0 Å². The Balaban J connectivity index is 1.62. The monoisotopic (exact) mass is 450 g/mol. The second-order valence-electron chi connectivity index (χ2n) is 9.30. The average Bonchev–Trinajstić information content (AvgIpc) is 3.28. The van der Waals surface area contributed by atoms with Crippen LogP contribution in [0.1, 0.15) is 5.56 Å². The Kier molecular flexibility index (Phi) is 4.31.